The Hall–Kier alpha value is -3.97. The molecular weight excluding hydrogens is 486 g/mol. The number of rotatable bonds is 9. The van der Waals surface area contributed by atoms with E-state index in [1.165, 1.54) is 11.1 Å². The van der Waals surface area contributed by atoms with E-state index in [1.807, 2.05) is 92.6 Å². The summed E-state index contributed by atoms with van der Waals surface area (Å²) in [6, 6.07) is 22.6. The number of aryl methyl sites for hydroxylation is 1. The Balaban J connectivity index is 1.78. The molecule has 4 rings (SSSR count). The van der Waals surface area contributed by atoms with Gasteiger partial charge in [-0.25, -0.2) is 9.78 Å². The smallest absolute Gasteiger partial charge is 0.313 e. The van der Waals surface area contributed by atoms with E-state index in [1.54, 1.807) is 15.5 Å². The molecule has 0 aliphatic carbocycles. The number of nitrogens with zero attached hydrogens (tertiary/aromatic N) is 4. The SMILES string of the molecule is CCc1ccc(-n2c(C(C)N(CCN(C)C)C(=O)Nc3ccc(C(C)C)cc3)nc3ccccc3c2=O)cc1. The normalized spacial score (nSPS) is 12.2. The summed E-state index contributed by atoms with van der Waals surface area (Å²) in [5, 5.41) is 3.61. The van der Waals surface area contributed by atoms with E-state index in [-0.39, 0.29) is 11.6 Å². The Labute approximate surface area is 231 Å². The monoisotopic (exact) mass is 525 g/mol. The molecule has 0 fully saturated rings. The van der Waals surface area contributed by atoms with Crippen LogP contribution in [0.15, 0.2) is 77.6 Å². The van der Waals surface area contributed by atoms with E-state index < -0.39 is 6.04 Å². The lowest BCUT2D eigenvalue weighted by molar-refractivity contribution is 0.181. The fraction of sp³-hybridized carbons (Fsp3) is 0.344. The van der Waals surface area contributed by atoms with Crippen molar-refractivity contribution in [3.63, 3.8) is 0 Å². The maximum Gasteiger partial charge on any atom is 0.322 e. The van der Waals surface area contributed by atoms with Crippen LogP contribution in [0, 0.1) is 0 Å². The number of hydrogen-bond donors (Lipinski definition) is 1. The average molecular weight is 526 g/mol. The van der Waals surface area contributed by atoms with Crippen LogP contribution in [0.25, 0.3) is 16.6 Å². The molecule has 0 radical (unpaired) electrons. The molecule has 7 nitrogen and oxygen atoms in total. The van der Waals surface area contributed by atoms with Gasteiger partial charge in [-0.15, -0.1) is 0 Å². The molecule has 7 heteroatoms. The lowest BCUT2D eigenvalue weighted by Crippen LogP contribution is -2.43. The molecule has 0 aliphatic rings. The summed E-state index contributed by atoms with van der Waals surface area (Å²) >= 11 is 0. The lowest BCUT2D eigenvalue weighted by atomic mass is 10.0. The van der Waals surface area contributed by atoms with Gasteiger partial charge in [-0.2, -0.15) is 0 Å². The molecular formula is C32H39N5O2. The topological polar surface area (TPSA) is 70.5 Å². The first-order chi connectivity index (χ1) is 18.7. The summed E-state index contributed by atoms with van der Waals surface area (Å²) in [6.45, 7) is 9.44. The number of para-hydroxylation sites is 1. The molecule has 0 saturated carbocycles. The minimum Gasteiger partial charge on any atom is -0.313 e. The van der Waals surface area contributed by atoms with Gasteiger partial charge in [0.1, 0.15) is 5.82 Å². The summed E-state index contributed by atoms with van der Waals surface area (Å²) in [5.74, 6) is 0.931. The van der Waals surface area contributed by atoms with Crippen molar-refractivity contribution in [1.82, 2.24) is 19.4 Å². The molecule has 39 heavy (non-hydrogen) atoms. The van der Waals surface area contributed by atoms with Gasteiger partial charge in [-0.3, -0.25) is 9.36 Å². The van der Waals surface area contributed by atoms with Crippen LogP contribution in [0.1, 0.15) is 56.6 Å². The number of benzene rings is 3. The van der Waals surface area contributed by atoms with Crippen molar-refractivity contribution in [2.45, 2.75) is 46.1 Å². The zero-order valence-electron chi connectivity index (χ0n) is 23.8. The van der Waals surface area contributed by atoms with Crippen LogP contribution >= 0.6 is 0 Å². The first-order valence-electron chi connectivity index (χ1n) is 13.6. The third-order valence-electron chi connectivity index (χ3n) is 7.12. The molecule has 1 heterocycles. The van der Waals surface area contributed by atoms with Crippen LogP contribution in [0.5, 0.6) is 0 Å². The largest absolute Gasteiger partial charge is 0.322 e. The Morgan fingerprint density at radius 3 is 2.21 bits per heavy atom. The van der Waals surface area contributed by atoms with Crippen LogP contribution in [0.4, 0.5) is 10.5 Å². The number of urea groups is 1. The molecule has 1 unspecified atom stereocenters. The number of fused-ring (bicyclic) bond motifs is 1. The lowest BCUT2D eigenvalue weighted by Gasteiger charge is -2.31. The molecule has 0 saturated heterocycles. The van der Waals surface area contributed by atoms with Crippen molar-refractivity contribution in [3.05, 3.63) is 100 Å². The van der Waals surface area contributed by atoms with Crippen LogP contribution in [0.3, 0.4) is 0 Å². The molecule has 204 valence electrons. The van der Waals surface area contributed by atoms with Crippen LogP contribution < -0.4 is 10.9 Å². The van der Waals surface area contributed by atoms with Gasteiger partial charge >= 0.3 is 6.03 Å². The number of aromatic nitrogens is 2. The van der Waals surface area contributed by atoms with E-state index in [2.05, 4.69) is 26.1 Å². The van der Waals surface area contributed by atoms with E-state index in [9.17, 15) is 9.59 Å². The van der Waals surface area contributed by atoms with Gasteiger partial charge in [0.25, 0.3) is 5.56 Å². The van der Waals surface area contributed by atoms with E-state index in [0.29, 0.717) is 35.7 Å². The van der Waals surface area contributed by atoms with E-state index >= 15 is 0 Å². The highest BCUT2D eigenvalue weighted by Crippen LogP contribution is 2.25. The summed E-state index contributed by atoms with van der Waals surface area (Å²) in [4.78, 5) is 36.3. The molecule has 1 atom stereocenters. The molecule has 0 bridgehead atoms. The molecule has 1 N–H and O–H groups in total. The Morgan fingerprint density at radius 2 is 1.59 bits per heavy atom. The fourth-order valence-corrected chi connectivity index (χ4v) is 4.63. The van der Waals surface area contributed by atoms with E-state index in [0.717, 1.165) is 17.8 Å². The molecule has 0 aliphatic heterocycles. The van der Waals surface area contributed by atoms with Crippen molar-refractivity contribution < 1.29 is 4.79 Å². The predicted molar refractivity (Wildman–Crippen MR) is 160 cm³/mol. The first-order valence-corrected chi connectivity index (χ1v) is 13.6. The van der Waals surface area contributed by atoms with Gasteiger partial charge in [-0.1, -0.05) is 57.2 Å². The second-order valence-corrected chi connectivity index (χ2v) is 10.5. The van der Waals surface area contributed by atoms with Gasteiger partial charge < -0.3 is 15.1 Å². The third-order valence-corrected chi connectivity index (χ3v) is 7.12. The summed E-state index contributed by atoms with van der Waals surface area (Å²) < 4.78 is 1.65. The molecule has 2 amide bonds. The van der Waals surface area contributed by atoms with Gasteiger partial charge in [0.05, 0.1) is 22.6 Å². The molecule has 1 aromatic heterocycles. The second-order valence-electron chi connectivity index (χ2n) is 10.5. The minimum atomic E-state index is -0.483. The van der Waals surface area contributed by atoms with Crippen LogP contribution in [0.2, 0.25) is 0 Å². The van der Waals surface area contributed by atoms with Crippen molar-refractivity contribution in [2.24, 2.45) is 0 Å². The maximum atomic E-state index is 13.8. The van der Waals surface area contributed by atoms with Gasteiger partial charge in [0.15, 0.2) is 0 Å². The number of likely N-dealkylation sites (N-methyl/N-ethyl adjacent to an activating group) is 1. The van der Waals surface area contributed by atoms with Crippen LogP contribution in [-0.2, 0) is 6.42 Å². The Kier molecular flexibility index (Phi) is 8.82. The standard InChI is InChI=1S/C32H39N5O2/c1-7-24-12-18-27(19-13-24)37-30(34-29-11-9-8-10-28(29)31(37)38)23(4)36(21-20-35(5)6)32(39)33-26-16-14-25(15-17-26)22(2)3/h8-19,22-23H,7,20-21H2,1-6H3,(H,33,39). The number of carbonyl (C=O) groups excluding carboxylic acids is 1. The second kappa shape index (κ2) is 12.3. The predicted octanol–water partition coefficient (Wildman–Crippen LogP) is 6.23. The summed E-state index contributed by atoms with van der Waals surface area (Å²) in [6.07, 6.45) is 0.908. The summed E-state index contributed by atoms with van der Waals surface area (Å²) in [7, 11) is 3.95. The quantitative estimate of drug-likeness (QED) is 0.281. The third kappa shape index (κ3) is 6.37. The zero-order valence-corrected chi connectivity index (χ0v) is 23.8. The number of hydrogen-bond acceptors (Lipinski definition) is 4. The van der Waals surface area contributed by atoms with Crippen molar-refractivity contribution in [3.8, 4) is 5.69 Å². The van der Waals surface area contributed by atoms with Crippen molar-refractivity contribution >= 4 is 22.6 Å². The van der Waals surface area contributed by atoms with Gasteiger partial charge in [-0.05, 0) is 80.9 Å². The molecule has 0 spiro atoms. The minimum absolute atomic E-state index is 0.149. The molecule has 3 aromatic carbocycles. The van der Waals surface area contributed by atoms with Crippen molar-refractivity contribution in [2.75, 3.05) is 32.5 Å². The van der Waals surface area contributed by atoms with Crippen LogP contribution in [-0.4, -0.2) is 52.6 Å². The fourth-order valence-electron chi connectivity index (χ4n) is 4.63. The highest BCUT2D eigenvalue weighted by atomic mass is 16.2. The van der Waals surface area contributed by atoms with Gasteiger partial charge in [0.2, 0.25) is 0 Å². The first kappa shape index (κ1) is 28.0. The number of anilines is 1. The van der Waals surface area contributed by atoms with E-state index in [4.69, 9.17) is 4.98 Å². The summed E-state index contributed by atoms with van der Waals surface area (Å²) in [5.41, 5.74) is 4.32. The number of carbonyl (C=O) groups is 1. The van der Waals surface area contributed by atoms with Gasteiger partial charge in [0, 0.05) is 18.8 Å². The highest BCUT2D eigenvalue weighted by Gasteiger charge is 2.27. The Morgan fingerprint density at radius 1 is 0.923 bits per heavy atom. The average Bonchev–Trinajstić information content (AvgIpc) is 2.93. The molecule has 4 aromatic rings. The number of amides is 2. The maximum absolute atomic E-state index is 13.8. The number of nitrogens with one attached hydrogen (secondary N) is 1. The zero-order chi connectivity index (χ0) is 28.1. The Bertz CT molecular complexity index is 1470. The highest BCUT2D eigenvalue weighted by molar-refractivity contribution is 5.89. The van der Waals surface area contributed by atoms with Crippen molar-refractivity contribution in [1.29, 1.82) is 0 Å².